The average molecular weight is 362 g/mol. The summed E-state index contributed by atoms with van der Waals surface area (Å²) in [6, 6.07) is 14.2. The van der Waals surface area contributed by atoms with E-state index < -0.39 is 0 Å². The van der Waals surface area contributed by atoms with Crippen molar-refractivity contribution < 1.29 is 9.59 Å². The molecule has 25 heavy (non-hydrogen) atoms. The van der Waals surface area contributed by atoms with Gasteiger partial charge in [0.15, 0.2) is 0 Å². The van der Waals surface area contributed by atoms with Gasteiger partial charge >= 0.3 is 0 Å². The Balaban J connectivity index is 0.00000312. The van der Waals surface area contributed by atoms with Crippen molar-refractivity contribution in [3.05, 3.63) is 59.7 Å². The predicted molar refractivity (Wildman–Crippen MR) is 104 cm³/mol. The molecule has 2 aromatic carbocycles. The number of anilines is 2. The fourth-order valence-electron chi connectivity index (χ4n) is 2.45. The molecular weight excluding hydrogens is 338 g/mol. The minimum absolute atomic E-state index is 0. The van der Waals surface area contributed by atoms with Gasteiger partial charge in [-0.15, -0.1) is 12.4 Å². The molecule has 0 spiro atoms. The lowest BCUT2D eigenvalue weighted by Crippen LogP contribution is -2.30. The molecule has 5 nitrogen and oxygen atoms in total. The van der Waals surface area contributed by atoms with E-state index in [-0.39, 0.29) is 30.6 Å². The van der Waals surface area contributed by atoms with E-state index in [1.165, 1.54) is 0 Å². The molecule has 0 fully saturated rings. The van der Waals surface area contributed by atoms with Crippen LogP contribution in [-0.2, 0) is 11.2 Å². The summed E-state index contributed by atoms with van der Waals surface area (Å²) in [5.41, 5.74) is 8.38. The van der Waals surface area contributed by atoms with Crippen molar-refractivity contribution in [1.82, 2.24) is 4.90 Å². The first-order chi connectivity index (χ1) is 11.5. The van der Waals surface area contributed by atoms with Crippen LogP contribution in [0, 0.1) is 0 Å². The van der Waals surface area contributed by atoms with Crippen LogP contribution in [0.2, 0.25) is 0 Å². The fourth-order valence-corrected chi connectivity index (χ4v) is 2.45. The Labute approximate surface area is 154 Å². The highest BCUT2D eigenvalue weighted by Gasteiger charge is 2.13. The first kappa shape index (κ1) is 20.5. The van der Waals surface area contributed by atoms with E-state index >= 15 is 0 Å². The van der Waals surface area contributed by atoms with Gasteiger partial charge in [0.25, 0.3) is 5.91 Å². The van der Waals surface area contributed by atoms with E-state index in [1.54, 1.807) is 41.3 Å². The van der Waals surface area contributed by atoms with Gasteiger partial charge in [-0.25, -0.2) is 0 Å². The van der Waals surface area contributed by atoms with Crippen molar-refractivity contribution in [2.45, 2.75) is 20.3 Å². The maximum atomic E-state index is 12.4. The molecule has 6 heteroatoms. The first-order valence-electron chi connectivity index (χ1n) is 8.07. The van der Waals surface area contributed by atoms with E-state index in [1.807, 2.05) is 26.0 Å². The van der Waals surface area contributed by atoms with Gasteiger partial charge in [0, 0.05) is 30.0 Å². The van der Waals surface area contributed by atoms with Crippen molar-refractivity contribution >= 4 is 35.6 Å². The first-order valence-corrected chi connectivity index (χ1v) is 8.07. The van der Waals surface area contributed by atoms with E-state index in [0.29, 0.717) is 30.0 Å². The molecule has 2 amide bonds. The third-order valence-electron chi connectivity index (χ3n) is 3.79. The normalized spacial score (nSPS) is 9.84. The van der Waals surface area contributed by atoms with E-state index in [4.69, 9.17) is 5.73 Å². The van der Waals surface area contributed by atoms with Crippen LogP contribution < -0.4 is 11.1 Å². The van der Waals surface area contributed by atoms with Crippen molar-refractivity contribution in [2.24, 2.45) is 0 Å². The molecule has 0 radical (unpaired) electrons. The predicted octanol–water partition coefficient (Wildman–Crippen LogP) is 3.35. The van der Waals surface area contributed by atoms with Gasteiger partial charge in [0.05, 0.1) is 6.42 Å². The minimum atomic E-state index is -0.132. The van der Waals surface area contributed by atoms with Crippen LogP contribution in [-0.4, -0.2) is 29.8 Å². The summed E-state index contributed by atoms with van der Waals surface area (Å²) >= 11 is 0. The van der Waals surface area contributed by atoms with Gasteiger partial charge in [-0.3, -0.25) is 9.59 Å². The molecule has 0 aliphatic rings. The number of carbonyl (C=O) groups excluding carboxylic acids is 2. The summed E-state index contributed by atoms with van der Waals surface area (Å²) in [7, 11) is 0. The maximum absolute atomic E-state index is 12.4. The number of amides is 2. The van der Waals surface area contributed by atoms with Crippen LogP contribution in [0.5, 0.6) is 0 Å². The number of rotatable bonds is 6. The summed E-state index contributed by atoms with van der Waals surface area (Å²) in [5, 5.41) is 2.83. The average Bonchev–Trinajstić information content (AvgIpc) is 2.58. The van der Waals surface area contributed by atoms with Gasteiger partial charge in [-0.1, -0.05) is 18.2 Å². The third-order valence-corrected chi connectivity index (χ3v) is 3.79. The maximum Gasteiger partial charge on any atom is 0.253 e. The molecule has 3 N–H and O–H groups in total. The van der Waals surface area contributed by atoms with Crippen molar-refractivity contribution in [2.75, 3.05) is 24.1 Å². The molecule has 0 aromatic heterocycles. The molecular formula is C19H24ClN3O2. The Hall–Kier alpha value is -2.53. The lowest BCUT2D eigenvalue weighted by atomic mass is 10.1. The topological polar surface area (TPSA) is 75.4 Å². The number of hydrogen-bond donors (Lipinski definition) is 2. The van der Waals surface area contributed by atoms with Crippen LogP contribution in [0.25, 0.3) is 0 Å². The number of carbonyl (C=O) groups is 2. The standard InChI is InChI=1S/C19H23N3O2.ClH/c1-3-22(4-2)19(24)15-6-5-7-17(13-15)21-18(23)12-14-8-10-16(20)11-9-14;/h5-11,13H,3-4,12,20H2,1-2H3,(H,21,23);1H. The molecule has 0 aliphatic heterocycles. The lowest BCUT2D eigenvalue weighted by molar-refractivity contribution is -0.115. The zero-order valence-corrected chi connectivity index (χ0v) is 15.3. The van der Waals surface area contributed by atoms with Crippen LogP contribution in [0.3, 0.4) is 0 Å². The third kappa shape index (κ3) is 5.80. The Morgan fingerprint density at radius 1 is 1.04 bits per heavy atom. The second-order valence-electron chi connectivity index (χ2n) is 5.52. The number of nitrogens with zero attached hydrogens (tertiary/aromatic N) is 1. The Morgan fingerprint density at radius 2 is 1.68 bits per heavy atom. The van der Waals surface area contributed by atoms with E-state index in [2.05, 4.69) is 5.32 Å². The van der Waals surface area contributed by atoms with Gasteiger partial charge in [-0.2, -0.15) is 0 Å². The molecule has 0 aliphatic carbocycles. The van der Waals surface area contributed by atoms with E-state index in [9.17, 15) is 9.59 Å². The van der Waals surface area contributed by atoms with Crippen molar-refractivity contribution in [3.63, 3.8) is 0 Å². The van der Waals surface area contributed by atoms with Gasteiger partial charge in [-0.05, 0) is 49.7 Å². The monoisotopic (exact) mass is 361 g/mol. The zero-order chi connectivity index (χ0) is 17.5. The number of halogens is 1. The largest absolute Gasteiger partial charge is 0.399 e. The Bertz CT molecular complexity index is 713. The minimum Gasteiger partial charge on any atom is -0.399 e. The number of hydrogen-bond acceptors (Lipinski definition) is 3. The molecule has 0 atom stereocenters. The second kappa shape index (κ2) is 9.69. The number of benzene rings is 2. The Kier molecular flexibility index (Phi) is 7.95. The lowest BCUT2D eigenvalue weighted by Gasteiger charge is -2.19. The molecule has 0 saturated heterocycles. The summed E-state index contributed by atoms with van der Waals surface area (Å²) in [5.74, 6) is -0.165. The number of nitrogens with two attached hydrogens (primary N) is 1. The van der Waals surface area contributed by atoms with Crippen LogP contribution in [0.15, 0.2) is 48.5 Å². The van der Waals surface area contributed by atoms with Gasteiger partial charge in [0.1, 0.15) is 0 Å². The van der Waals surface area contributed by atoms with Gasteiger partial charge < -0.3 is 16.0 Å². The molecule has 0 heterocycles. The van der Waals surface area contributed by atoms with Crippen LogP contribution in [0.1, 0.15) is 29.8 Å². The zero-order valence-electron chi connectivity index (χ0n) is 14.5. The second-order valence-corrected chi connectivity index (χ2v) is 5.52. The fraction of sp³-hybridized carbons (Fsp3) is 0.263. The van der Waals surface area contributed by atoms with Crippen molar-refractivity contribution in [1.29, 1.82) is 0 Å². The smallest absolute Gasteiger partial charge is 0.253 e. The molecule has 0 bridgehead atoms. The molecule has 134 valence electrons. The molecule has 0 unspecified atom stereocenters. The highest BCUT2D eigenvalue weighted by Crippen LogP contribution is 2.14. The van der Waals surface area contributed by atoms with Crippen LogP contribution in [0.4, 0.5) is 11.4 Å². The van der Waals surface area contributed by atoms with E-state index in [0.717, 1.165) is 5.56 Å². The van der Waals surface area contributed by atoms with Gasteiger partial charge in [0.2, 0.25) is 5.91 Å². The summed E-state index contributed by atoms with van der Waals surface area (Å²) in [4.78, 5) is 26.3. The molecule has 2 aromatic rings. The molecule has 0 saturated carbocycles. The number of nitrogens with one attached hydrogen (secondary N) is 1. The summed E-state index contributed by atoms with van der Waals surface area (Å²) in [6.45, 7) is 5.20. The van der Waals surface area contributed by atoms with Crippen molar-refractivity contribution in [3.8, 4) is 0 Å². The SMILES string of the molecule is CCN(CC)C(=O)c1cccc(NC(=O)Cc2ccc(N)cc2)c1.Cl. The highest BCUT2D eigenvalue weighted by atomic mass is 35.5. The highest BCUT2D eigenvalue weighted by molar-refractivity contribution is 5.97. The van der Waals surface area contributed by atoms with Crippen LogP contribution >= 0.6 is 12.4 Å². The Morgan fingerprint density at radius 3 is 2.28 bits per heavy atom. The molecule has 2 rings (SSSR count). The summed E-state index contributed by atoms with van der Waals surface area (Å²) in [6.07, 6.45) is 0.258. The number of nitrogen functional groups attached to an aromatic ring is 1. The quantitative estimate of drug-likeness (QED) is 0.775. The summed E-state index contributed by atoms with van der Waals surface area (Å²) < 4.78 is 0.